The third kappa shape index (κ3) is 2.32. The topological polar surface area (TPSA) is 53.1 Å². The van der Waals surface area contributed by atoms with Gasteiger partial charge in [0.05, 0.1) is 25.0 Å². The van der Waals surface area contributed by atoms with Crippen LogP contribution in [0.1, 0.15) is 51.4 Å². The average Bonchev–Trinajstić information content (AvgIpc) is 3.05. The Kier molecular flexibility index (Phi) is 3.43. The van der Waals surface area contributed by atoms with E-state index in [0.717, 1.165) is 17.4 Å². The van der Waals surface area contributed by atoms with Gasteiger partial charge in [0.2, 0.25) is 0 Å². The van der Waals surface area contributed by atoms with Crippen molar-refractivity contribution in [2.24, 2.45) is 17.6 Å². The Hall–Kier alpha value is -1.03. The molecule has 0 spiro atoms. The van der Waals surface area contributed by atoms with Gasteiger partial charge >= 0.3 is 0 Å². The molecule has 1 aromatic rings. The van der Waals surface area contributed by atoms with E-state index >= 15 is 0 Å². The lowest BCUT2D eigenvalue weighted by molar-refractivity contribution is 0.353. The first kappa shape index (κ1) is 12.4. The molecule has 1 aromatic heterocycles. The molecule has 2 unspecified atom stereocenters. The zero-order valence-electron chi connectivity index (χ0n) is 11.2. The van der Waals surface area contributed by atoms with Crippen molar-refractivity contribution in [3.05, 3.63) is 11.9 Å². The van der Waals surface area contributed by atoms with Crippen LogP contribution in [0.3, 0.4) is 0 Å². The summed E-state index contributed by atoms with van der Waals surface area (Å²) in [4.78, 5) is 0. The molecule has 0 bridgehead atoms. The minimum Gasteiger partial charge on any atom is -0.493 e. The minimum absolute atomic E-state index is 0.0161. The van der Waals surface area contributed by atoms with Gasteiger partial charge in [-0.3, -0.25) is 4.68 Å². The molecule has 2 N–H and O–H groups in total. The fourth-order valence-corrected chi connectivity index (χ4v) is 2.41. The van der Waals surface area contributed by atoms with Crippen molar-refractivity contribution in [1.29, 1.82) is 0 Å². The fraction of sp³-hybridized carbons (Fsp3) is 0.769. The number of nitrogens with two attached hydrogens (primary N) is 1. The van der Waals surface area contributed by atoms with E-state index < -0.39 is 0 Å². The summed E-state index contributed by atoms with van der Waals surface area (Å²) in [5, 5.41) is 4.38. The first-order valence-corrected chi connectivity index (χ1v) is 6.43. The van der Waals surface area contributed by atoms with Gasteiger partial charge < -0.3 is 10.5 Å². The smallest absolute Gasteiger partial charge is 0.161 e. The van der Waals surface area contributed by atoms with Crippen LogP contribution < -0.4 is 10.5 Å². The molecule has 0 saturated heterocycles. The average molecular weight is 237 g/mol. The Morgan fingerprint density at radius 2 is 2.06 bits per heavy atom. The van der Waals surface area contributed by atoms with E-state index in [1.165, 1.54) is 12.8 Å². The third-order valence-electron chi connectivity index (χ3n) is 3.76. The van der Waals surface area contributed by atoms with Crippen LogP contribution in [0.2, 0.25) is 0 Å². The number of nitrogens with zero attached hydrogens (tertiary/aromatic N) is 2. The number of hydrogen-bond acceptors (Lipinski definition) is 3. The van der Waals surface area contributed by atoms with Gasteiger partial charge in [-0.25, -0.2) is 0 Å². The first-order chi connectivity index (χ1) is 8.06. The van der Waals surface area contributed by atoms with Crippen molar-refractivity contribution in [1.82, 2.24) is 9.78 Å². The van der Waals surface area contributed by atoms with Crippen LogP contribution in [0, 0.1) is 11.8 Å². The zero-order valence-corrected chi connectivity index (χ0v) is 11.2. The number of methoxy groups -OCH3 is 1. The molecule has 17 heavy (non-hydrogen) atoms. The second kappa shape index (κ2) is 4.69. The normalized spacial score (nSPS) is 19.4. The molecule has 2 atom stereocenters. The van der Waals surface area contributed by atoms with Crippen LogP contribution >= 0.6 is 0 Å². The standard InChI is InChI=1S/C13H23N3O/c1-8(2)16-13(11(17-4)7-15-16)12(14)9(3)10-5-6-10/h7-10,12H,5-6,14H2,1-4H3. The largest absolute Gasteiger partial charge is 0.493 e. The third-order valence-corrected chi connectivity index (χ3v) is 3.76. The predicted molar refractivity (Wildman–Crippen MR) is 68.0 cm³/mol. The summed E-state index contributed by atoms with van der Waals surface area (Å²) in [7, 11) is 1.68. The second-order valence-corrected chi connectivity index (χ2v) is 5.36. The molecule has 1 heterocycles. The molecule has 0 aliphatic heterocycles. The summed E-state index contributed by atoms with van der Waals surface area (Å²) >= 11 is 0. The van der Waals surface area contributed by atoms with Gasteiger partial charge in [0, 0.05) is 6.04 Å². The number of ether oxygens (including phenoxy) is 1. The van der Waals surface area contributed by atoms with Gasteiger partial charge in [0.15, 0.2) is 5.75 Å². The van der Waals surface area contributed by atoms with Crippen LogP contribution in [-0.4, -0.2) is 16.9 Å². The summed E-state index contributed by atoms with van der Waals surface area (Å²) in [6.07, 6.45) is 4.40. The van der Waals surface area contributed by atoms with Crippen LogP contribution in [0.4, 0.5) is 0 Å². The van der Waals surface area contributed by atoms with Gasteiger partial charge in [-0.2, -0.15) is 5.10 Å². The van der Waals surface area contributed by atoms with Crippen LogP contribution in [-0.2, 0) is 0 Å². The molecule has 1 saturated carbocycles. The van der Waals surface area contributed by atoms with Gasteiger partial charge in [-0.1, -0.05) is 6.92 Å². The summed E-state index contributed by atoms with van der Waals surface area (Å²) in [6, 6.07) is 0.328. The maximum Gasteiger partial charge on any atom is 0.161 e. The summed E-state index contributed by atoms with van der Waals surface area (Å²) in [6.45, 7) is 6.47. The van der Waals surface area contributed by atoms with E-state index in [1.54, 1.807) is 13.3 Å². The molecular formula is C13H23N3O. The Morgan fingerprint density at radius 3 is 2.53 bits per heavy atom. The second-order valence-electron chi connectivity index (χ2n) is 5.36. The molecule has 2 rings (SSSR count). The number of hydrogen-bond donors (Lipinski definition) is 1. The highest BCUT2D eigenvalue weighted by atomic mass is 16.5. The Bertz CT molecular complexity index is 382. The van der Waals surface area contributed by atoms with E-state index in [9.17, 15) is 0 Å². The van der Waals surface area contributed by atoms with Crippen molar-refractivity contribution in [3.63, 3.8) is 0 Å². The Morgan fingerprint density at radius 1 is 1.41 bits per heavy atom. The minimum atomic E-state index is 0.0161. The fourth-order valence-electron chi connectivity index (χ4n) is 2.41. The van der Waals surface area contributed by atoms with E-state index in [4.69, 9.17) is 10.5 Å². The SMILES string of the molecule is COc1cnn(C(C)C)c1C(N)C(C)C1CC1. The van der Waals surface area contributed by atoms with Crippen molar-refractivity contribution in [2.45, 2.75) is 45.7 Å². The van der Waals surface area contributed by atoms with Gasteiger partial charge in [-0.05, 0) is 38.5 Å². The lowest BCUT2D eigenvalue weighted by atomic mass is 9.94. The molecule has 1 aliphatic carbocycles. The zero-order chi connectivity index (χ0) is 12.6. The molecule has 0 aromatic carbocycles. The van der Waals surface area contributed by atoms with Gasteiger partial charge in [-0.15, -0.1) is 0 Å². The molecule has 4 heteroatoms. The summed E-state index contributed by atoms with van der Waals surface area (Å²) in [5.74, 6) is 2.10. The molecule has 0 radical (unpaired) electrons. The highest BCUT2D eigenvalue weighted by Crippen LogP contribution is 2.43. The highest BCUT2D eigenvalue weighted by Gasteiger charge is 2.35. The maximum atomic E-state index is 6.40. The van der Waals surface area contributed by atoms with Crippen molar-refractivity contribution in [2.75, 3.05) is 7.11 Å². The van der Waals surface area contributed by atoms with Crippen molar-refractivity contribution in [3.8, 4) is 5.75 Å². The van der Waals surface area contributed by atoms with E-state index in [0.29, 0.717) is 12.0 Å². The quantitative estimate of drug-likeness (QED) is 0.856. The Labute approximate surface area is 103 Å². The van der Waals surface area contributed by atoms with E-state index in [-0.39, 0.29) is 6.04 Å². The number of rotatable bonds is 5. The van der Waals surface area contributed by atoms with E-state index in [1.807, 2.05) is 4.68 Å². The molecule has 1 aliphatic rings. The van der Waals surface area contributed by atoms with Crippen LogP contribution in [0.15, 0.2) is 6.20 Å². The lowest BCUT2D eigenvalue weighted by Crippen LogP contribution is -2.25. The van der Waals surface area contributed by atoms with Crippen molar-refractivity contribution < 1.29 is 4.74 Å². The van der Waals surface area contributed by atoms with Crippen LogP contribution in [0.25, 0.3) is 0 Å². The summed E-state index contributed by atoms with van der Waals surface area (Å²) in [5.41, 5.74) is 7.44. The molecular weight excluding hydrogens is 214 g/mol. The first-order valence-electron chi connectivity index (χ1n) is 6.43. The summed E-state index contributed by atoms with van der Waals surface area (Å²) < 4.78 is 7.37. The lowest BCUT2D eigenvalue weighted by Gasteiger charge is -2.23. The molecule has 4 nitrogen and oxygen atoms in total. The molecule has 96 valence electrons. The van der Waals surface area contributed by atoms with Gasteiger partial charge in [0.25, 0.3) is 0 Å². The monoisotopic (exact) mass is 237 g/mol. The van der Waals surface area contributed by atoms with Crippen LogP contribution in [0.5, 0.6) is 5.75 Å². The molecule has 1 fully saturated rings. The Balaban J connectivity index is 2.30. The maximum absolute atomic E-state index is 6.40. The van der Waals surface area contributed by atoms with E-state index in [2.05, 4.69) is 25.9 Å². The van der Waals surface area contributed by atoms with Crippen molar-refractivity contribution >= 4 is 0 Å². The van der Waals surface area contributed by atoms with Gasteiger partial charge in [0.1, 0.15) is 0 Å². The highest BCUT2D eigenvalue weighted by molar-refractivity contribution is 5.29. The predicted octanol–water partition coefficient (Wildman–Crippen LogP) is 2.52. The molecule has 0 amide bonds. The number of aromatic nitrogens is 2.